The second kappa shape index (κ2) is 11.5. The van der Waals surface area contributed by atoms with E-state index in [4.69, 9.17) is 4.74 Å². The number of nitrogens with one attached hydrogen (secondary N) is 1. The van der Waals surface area contributed by atoms with Crippen molar-refractivity contribution in [3.63, 3.8) is 0 Å². The van der Waals surface area contributed by atoms with Crippen molar-refractivity contribution in [2.24, 2.45) is 4.99 Å². The van der Waals surface area contributed by atoms with Crippen LogP contribution in [0.25, 0.3) is 0 Å². The van der Waals surface area contributed by atoms with Gasteiger partial charge in [0.2, 0.25) is 9.26 Å². The summed E-state index contributed by atoms with van der Waals surface area (Å²) in [6.45, 7) is 8.53. The van der Waals surface area contributed by atoms with Crippen LogP contribution < -0.4 is 10.2 Å². The molecule has 13 heteroatoms. The molecule has 210 valence electrons. The first-order valence-electron chi connectivity index (χ1n) is 12.2. The minimum atomic E-state index is -2.57. The van der Waals surface area contributed by atoms with Gasteiger partial charge in [0, 0.05) is 38.7 Å². The summed E-state index contributed by atoms with van der Waals surface area (Å²) in [5.74, 6) is -2.97. The van der Waals surface area contributed by atoms with Gasteiger partial charge in [-0.15, -0.1) is 0 Å². The number of halogens is 3. The molecular weight excluding hydrogens is 553 g/mol. The standard InChI is InChI=1S/C26H29F3N4O4S2/c1-16(32-9-6-10-32)18-7-5-8-20(27)19(18)13-30-17-11-21(28)24(22(29)12-17)33(25(34)37-26(2,3)4)23-14-38(15-31-23)39(35)36/h5,7-8,11-12,14-16,30H,6,9-10,13H2,1-4H3/t16?,38-/m0/s1. The molecule has 0 radical (unpaired) electrons. The number of likely N-dealkylation sites (tertiary alicyclic amines) is 1. The van der Waals surface area contributed by atoms with Crippen LogP contribution in [0, 0.1) is 17.5 Å². The lowest BCUT2D eigenvalue weighted by Gasteiger charge is -2.37. The molecule has 2 aromatic rings. The third kappa shape index (κ3) is 6.53. The van der Waals surface area contributed by atoms with E-state index in [-0.39, 0.29) is 24.1 Å². The van der Waals surface area contributed by atoms with Crippen molar-refractivity contribution in [3.8, 4) is 0 Å². The lowest BCUT2D eigenvalue weighted by molar-refractivity contribution is 0.0590. The maximum Gasteiger partial charge on any atom is 0.420 e. The molecule has 2 heterocycles. The lowest BCUT2D eigenvalue weighted by Crippen LogP contribution is -2.39. The van der Waals surface area contributed by atoms with E-state index in [2.05, 4.69) is 15.2 Å². The van der Waals surface area contributed by atoms with Gasteiger partial charge in [-0.05, 0) is 71.0 Å². The van der Waals surface area contributed by atoms with Crippen LogP contribution in [-0.2, 0) is 30.0 Å². The van der Waals surface area contributed by atoms with Gasteiger partial charge in [0.15, 0.2) is 17.5 Å². The second-order valence-corrected chi connectivity index (χ2v) is 13.6. The van der Waals surface area contributed by atoms with E-state index in [1.54, 1.807) is 26.8 Å². The summed E-state index contributed by atoms with van der Waals surface area (Å²) in [7, 11) is -4.04. The first-order valence-corrected chi connectivity index (χ1v) is 15.1. The number of rotatable bonds is 7. The van der Waals surface area contributed by atoms with Crippen molar-refractivity contribution in [1.29, 1.82) is 0 Å². The van der Waals surface area contributed by atoms with E-state index < -0.39 is 53.6 Å². The fraction of sp³-hybridized carbons (Fsp3) is 0.385. The molecule has 8 nitrogen and oxygen atoms in total. The Hall–Kier alpha value is -3.16. The van der Waals surface area contributed by atoms with Gasteiger partial charge >= 0.3 is 6.09 Å². The van der Waals surface area contributed by atoms with Crippen LogP contribution in [0.15, 0.2) is 46.6 Å². The Balaban J connectivity index is 1.65. The number of hydrogen-bond acceptors (Lipinski definition) is 7. The molecule has 0 spiro atoms. The highest BCUT2D eigenvalue weighted by molar-refractivity contribution is 8.42. The van der Waals surface area contributed by atoms with E-state index in [9.17, 15) is 17.6 Å². The number of aliphatic imine (C=N–C) groups is 1. The average Bonchev–Trinajstić information content (AvgIpc) is 3.28. The van der Waals surface area contributed by atoms with Crippen molar-refractivity contribution in [2.45, 2.75) is 52.3 Å². The normalized spacial score (nSPS) is 17.8. The molecule has 39 heavy (non-hydrogen) atoms. The van der Waals surface area contributed by atoms with Crippen LogP contribution in [0.4, 0.5) is 29.3 Å². The minimum Gasteiger partial charge on any atom is -0.443 e. The Kier molecular flexibility index (Phi) is 8.52. The fourth-order valence-electron chi connectivity index (χ4n) is 4.21. The molecule has 1 saturated heterocycles. The van der Waals surface area contributed by atoms with Gasteiger partial charge in [-0.3, -0.25) is 4.90 Å². The zero-order valence-corrected chi connectivity index (χ0v) is 23.5. The highest BCUT2D eigenvalue weighted by Crippen LogP contribution is 2.34. The molecule has 2 aliphatic rings. The number of ether oxygens (including phenoxy) is 1. The maximum atomic E-state index is 15.4. The van der Waals surface area contributed by atoms with Gasteiger partial charge in [0.05, 0.1) is 5.55 Å². The van der Waals surface area contributed by atoms with Gasteiger partial charge in [-0.1, -0.05) is 12.1 Å². The minimum absolute atomic E-state index is 0.0160. The molecule has 0 aromatic heterocycles. The zero-order valence-electron chi connectivity index (χ0n) is 21.9. The molecule has 1 fully saturated rings. The first kappa shape index (κ1) is 28.8. The van der Waals surface area contributed by atoms with Crippen molar-refractivity contribution >= 4 is 41.7 Å². The van der Waals surface area contributed by atoms with Crippen LogP contribution >= 0.6 is 0 Å². The van der Waals surface area contributed by atoms with E-state index in [0.29, 0.717) is 10.5 Å². The van der Waals surface area contributed by atoms with Gasteiger partial charge in [0.1, 0.15) is 17.1 Å². The van der Waals surface area contributed by atoms with Gasteiger partial charge < -0.3 is 10.1 Å². The Labute approximate surface area is 228 Å². The highest BCUT2D eigenvalue weighted by Gasteiger charge is 2.33. The molecule has 0 bridgehead atoms. The number of anilines is 2. The highest BCUT2D eigenvalue weighted by atomic mass is 32.9. The second-order valence-electron chi connectivity index (χ2n) is 10.1. The summed E-state index contributed by atoms with van der Waals surface area (Å²) < 4.78 is 73.7. The average molecular weight is 583 g/mol. The third-order valence-corrected chi connectivity index (χ3v) is 8.79. The predicted molar refractivity (Wildman–Crippen MR) is 146 cm³/mol. The smallest absolute Gasteiger partial charge is 0.420 e. The number of amides is 1. The number of benzene rings is 2. The number of carbonyl (C=O) groups is 1. The predicted octanol–water partition coefficient (Wildman–Crippen LogP) is 5.48. The molecule has 2 atom stereocenters. The topological polar surface area (TPSA) is 91.3 Å². The number of hydrogen-bond donors (Lipinski definition) is 1. The summed E-state index contributed by atoms with van der Waals surface area (Å²) in [5, 5.41) is 3.99. The van der Waals surface area contributed by atoms with Crippen molar-refractivity contribution < 1.29 is 31.1 Å². The summed E-state index contributed by atoms with van der Waals surface area (Å²) in [6.07, 6.45) is -0.0567. The SMILES string of the molecule is CC(c1cccc(F)c1CNc1cc(F)c(N(C(=O)OC(C)(C)C)C2=C[S@](=S(=O)=O)C=N2)c(F)c1)N1CCC1. The molecule has 1 amide bonds. The lowest BCUT2D eigenvalue weighted by atomic mass is 9.97. The molecule has 0 saturated carbocycles. The fourth-order valence-corrected chi connectivity index (χ4v) is 5.84. The summed E-state index contributed by atoms with van der Waals surface area (Å²) >= 11 is 0. The Morgan fingerprint density at radius 3 is 2.38 bits per heavy atom. The first-order chi connectivity index (χ1) is 18.4. The molecule has 4 rings (SSSR count). The molecule has 2 aromatic carbocycles. The van der Waals surface area contributed by atoms with Gasteiger partial charge in [-0.25, -0.2) is 27.9 Å². The van der Waals surface area contributed by atoms with Crippen molar-refractivity contribution in [3.05, 3.63) is 70.1 Å². The van der Waals surface area contributed by atoms with E-state index in [1.165, 1.54) is 6.07 Å². The summed E-state index contributed by atoms with van der Waals surface area (Å²) in [4.78, 5) is 19.7. The molecule has 1 unspecified atom stereocenters. The molecule has 0 aliphatic carbocycles. The number of carbonyl (C=O) groups excluding carboxylic acids is 1. The van der Waals surface area contributed by atoms with Gasteiger partial charge in [0.25, 0.3) is 0 Å². The molecular formula is C26H29F3N4O4S2. The van der Waals surface area contributed by atoms with Crippen LogP contribution in [-0.4, -0.2) is 43.6 Å². The quantitative estimate of drug-likeness (QED) is 0.465. The Morgan fingerprint density at radius 1 is 1.18 bits per heavy atom. The van der Waals surface area contributed by atoms with Crippen molar-refractivity contribution in [1.82, 2.24) is 4.90 Å². The zero-order chi connectivity index (χ0) is 28.5. The third-order valence-electron chi connectivity index (χ3n) is 6.23. The van der Waals surface area contributed by atoms with Crippen molar-refractivity contribution in [2.75, 3.05) is 23.3 Å². The van der Waals surface area contributed by atoms with Crippen LogP contribution in [0.2, 0.25) is 0 Å². The Bertz CT molecular complexity index is 1470. The monoisotopic (exact) mass is 582 g/mol. The summed E-state index contributed by atoms with van der Waals surface area (Å²) in [5.41, 5.74) is 0.467. The van der Waals surface area contributed by atoms with Crippen LogP contribution in [0.1, 0.15) is 51.3 Å². The number of nitrogens with zero attached hydrogens (tertiary/aromatic N) is 3. The largest absolute Gasteiger partial charge is 0.443 e. The maximum absolute atomic E-state index is 15.4. The summed E-state index contributed by atoms with van der Waals surface area (Å²) in [6, 6.07) is 6.74. The van der Waals surface area contributed by atoms with E-state index >= 15 is 8.78 Å². The molecule has 2 aliphatic heterocycles. The van der Waals surface area contributed by atoms with Crippen LogP contribution in [0.3, 0.4) is 0 Å². The van der Waals surface area contributed by atoms with E-state index in [0.717, 1.165) is 48.2 Å². The Morgan fingerprint density at radius 2 is 1.85 bits per heavy atom. The van der Waals surface area contributed by atoms with Gasteiger partial charge in [-0.2, -0.15) is 8.42 Å². The van der Waals surface area contributed by atoms with E-state index in [1.807, 2.05) is 13.0 Å². The van der Waals surface area contributed by atoms with Crippen LogP contribution in [0.5, 0.6) is 0 Å². The molecule has 1 N–H and O–H groups in total.